The molecule has 1 saturated carbocycles. The van der Waals surface area contributed by atoms with Crippen LogP contribution in [-0.2, 0) is 38.5 Å². The molecule has 0 aromatic heterocycles. The van der Waals surface area contributed by atoms with E-state index >= 15 is 0 Å². The molecule has 3 heteroatoms. The van der Waals surface area contributed by atoms with E-state index in [0.29, 0.717) is 5.92 Å². The normalized spacial score (nSPS) is 22.3. The molecule has 1 atom stereocenters. The van der Waals surface area contributed by atoms with Gasteiger partial charge >= 0.3 is 233 Å². The van der Waals surface area contributed by atoms with Crippen LogP contribution in [0.15, 0.2) is 54.6 Å². The van der Waals surface area contributed by atoms with E-state index in [1.165, 1.54) is 71.1 Å². The van der Waals surface area contributed by atoms with Gasteiger partial charge in [-0.05, 0) is 0 Å². The number of fused-ring (bicyclic) bond motifs is 5. The number of benzene rings is 2. The molecule has 5 aliphatic carbocycles. The Morgan fingerprint density at radius 2 is 1.44 bits per heavy atom. The molecule has 0 nitrogen and oxygen atoms in total. The fraction of sp³-hybridized carbons (Fsp3) is 0.417. The summed E-state index contributed by atoms with van der Waals surface area (Å²) in [4.78, 5) is 0. The summed E-state index contributed by atoms with van der Waals surface area (Å²) in [5.74, 6) is 0.625. The van der Waals surface area contributed by atoms with Gasteiger partial charge in [-0.15, -0.1) is 0 Å². The Labute approximate surface area is 255 Å². The van der Waals surface area contributed by atoms with Gasteiger partial charge in [0.1, 0.15) is 0 Å². The van der Waals surface area contributed by atoms with Crippen LogP contribution in [0.5, 0.6) is 0 Å². The molecule has 1 unspecified atom stereocenters. The standard InChI is InChI=1S/C23H21.C7H9.C6H10.2ClH.Zr/c1-22(2)7-5-14-10-18-16(12-20(14)22)9-17-13-21-15(11-19(17)18)6-8-23(21,3)4;1-6-3-4-7(2)5-6;1-2-4-6-5-3-1;;;/h5-7,10-13H,9H2,1-4H3;3,5,7H,1-2H3;1-5H2;2*1H;/q;;;;;+2/p-2. The van der Waals surface area contributed by atoms with Crippen LogP contribution in [-0.4, -0.2) is 3.21 Å². The summed E-state index contributed by atoms with van der Waals surface area (Å²) in [5, 5.41) is 0. The van der Waals surface area contributed by atoms with Crippen LogP contribution >= 0.6 is 0 Å². The van der Waals surface area contributed by atoms with Crippen molar-refractivity contribution in [2.24, 2.45) is 5.92 Å². The topological polar surface area (TPSA) is 0 Å². The molecule has 0 N–H and O–H groups in total. The number of rotatable bonds is 2. The van der Waals surface area contributed by atoms with Crippen molar-refractivity contribution in [1.82, 2.24) is 0 Å². The average Bonchev–Trinajstić information content (AvgIpc) is 3.55. The second-order valence-corrected chi connectivity index (χ2v) is 19.8. The summed E-state index contributed by atoms with van der Waals surface area (Å²) in [6.45, 7) is 14.6. The molecule has 0 heterocycles. The molecule has 0 amide bonds. The molecule has 202 valence electrons. The summed E-state index contributed by atoms with van der Waals surface area (Å²) < 4.78 is 5.67. The molecular weight excluding hydrogens is 595 g/mol. The van der Waals surface area contributed by atoms with Gasteiger partial charge in [-0.2, -0.15) is 0 Å². The van der Waals surface area contributed by atoms with Crippen molar-refractivity contribution in [2.45, 2.75) is 90.9 Å². The maximum atomic E-state index is 2.70. The van der Waals surface area contributed by atoms with Crippen LogP contribution in [0.4, 0.5) is 0 Å². The second-order valence-electron chi connectivity index (χ2n) is 13.4. The molecule has 0 bridgehead atoms. The maximum Gasteiger partial charge on any atom is -1.00 e. The zero-order chi connectivity index (χ0) is 25.7. The Bertz CT molecular complexity index is 1530. The van der Waals surface area contributed by atoms with Gasteiger partial charge in [-0.3, -0.25) is 0 Å². The van der Waals surface area contributed by atoms with Gasteiger partial charge in [-0.25, -0.2) is 0 Å². The van der Waals surface area contributed by atoms with Crippen LogP contribution in [0, 0.1) is 5.92 Å². The van der Waals surface area contributed by atoms with Crippen molar-refractivity contribution in [3.63, 3.8) is 0 Å². The van der Waals surface area contributed by atoms with E-state index in [0.717, 1.165) is 6.42 Å². The number of halogens is 2. The van der Waals surface area contributed by atoms with E-state index < -0.39 is 21.3 Å². The zero-order valence-electron chi connectivity index (χ0n) is 24.3. The summed E-state index contributed by atoms with van der Waals surface area (Å²) in [5.41, 5.74) is 13.8. The van der Waals surface area contributed by atoms with E-state index in [2.05, 4.69) is 96.2 Å². The zero-order valence-corrected chi connectivity index (χ0v) is 28.2. The molecule has 0 saturated heterocycles. The van der Waals surface area contributed by atoms with Crippen molar-refractivity contribution in [3.05, 3.63) is 88.0 Å². The molecule has 39 heavy (non-hydrogen) atoms. The fourth-order valence-corrected chi connectivity index (χ4v) is 17.6. The minimum atomic E-state index is -2.14. The molecule has 0 spiro atoms. The molecule has 1 fully saturated rings. The third-order valence-corrected chi connectivity index (χ3v) is 19.1. The summed E-state index contributed by atoms with van der Waals surface area (Å²) in [6.07, 6.45) is 20.7. The van der Waals surface area contributed by atoms with Crippen LogP contribution < -0.4 is 24.8 Å². The Hall–Kier alpha value is -1.27. The van der Waals surface area contributed by atoms with Crippen LogP contribution in [0.25, 0.3) is 23.3 Å². The molecule has 2 aromatic carbocycles. The van der Waals surface area contributed by atoms with Crippen LogP contribution in [0.3, 0.4) is 0 Å². The third-order valence-electron chi connectivity index (χ3n) is 10.00. The molecule has 2 aromatic rings. The predicted octanol–water partition coefficient (Wildman–Crippen LogP) is 3.44. The minimum Gasteiger partial charge on any atom is -1.00 e. The van der Waals surface area contributed by atoms with Gasteiger partial charge in [0.2, 0.25) is 0 Å². The van der Waals surface area contributed by atoms with E-state index in [4.69, 9.17) is 0 Å². The number of hydrogen-bond acceptors (Lipinski definition) is 0. The summed E-state index contributed by atoms with van der Waals surface area (Å²) in [6, 6.07) is 10.2. The Morgan fingerprint density at radius 1 is 0.795 bits per heavy atom. The number of hydrogen-bond donors (Lipinski definition) is 0. The van der Waals surface area contributed by atoms with E-state index in [1.807, 2.05) is 9.77 Å². The Balaban J connectivity index is 0.00000154. The Morgan fingerprint density at radius 3 is 2.08 bits per heavy atom. The van der Waals surface area contributed by atoms with Crippen LogP contribution in [0.2, 0.25) is 0 Å². The van der Waals surface area contributed by atoms with Crippen molar-refractivity contribution in [2.75, 3.05) is 0 Å². The van der Waals surface area contributed by atoms with Crippen LogP contribution in [0.1, 0.15) is 107 Å². The summed E-state index contributed by atoms with van der Waals surface area (Å²) in [7, 11) is 0. The van der Waals surface area contributed by atoms with E-state index in [-0.39, 0.29) is 35.6 Å². The van der Waals surface area contributed by atoms with Gasteiger partial charge in [-0.1, -0.05) is 0 Å². The van der Waals surface area contributed by atoms with Crippen molar-refractivity contribution >= 4 is 15.4 Å². The van der Waals surface area contributed by atoms with Gasteiger partial charge < -0.3 is 24.8 Å². The first-order valence-corrected chi connectivity index (χ1v) is 18.2. The minimum absolute atomic E-state index is 0. The van der Waals surface area contributed by atoms with Crippen molar-refractivity contribution in [3.8, 4) is 11.1 Å². The average molecular weight is 635 g/mol. The van der Waals surface area contributed by atoms with E-state index in [1.54, 1.807) is 11.1 Å². The SMILES string of the molecule is CC1=CC(C)[C]([Zr+2]([C]2=Cc3cc4c(cc3C2(C)C)Cc2cc3c(cc2-4)C=CC3(C)C)=[C]2CCCCC2)=C1.[Cl-].[Cl-]. The monoisotopic (exact) mass is 632 g/mol. The second kappa shape index (κ2) is 10.2. The molecule has 0 aliphatic heterocycles. The third kappa shape index (κ3) is 4.55. The van der Waals surface area contributed by atoms with E-state index in [9.17, 15) is 0 Å². The first-order chi connectivity index (χ1) is 17.6. The fourth-order valence-electron chi connectivity index (χ4n) is 7.92. The first-order valence-electron chi connectivity index (χ1n) is 14.5. The largest absolute Gasteiger partial charge is 1.00 e. The Kier molecular flexibility index (Phi) is 7.66. The number of allylic oxidation sites excluding steroid dienone is 6. The molecular formula is C36H40Cl2Zr. The predicted molar refractivity (Wildman–Crippen MR) is 157 cm³/mol. The van der Waals surface area contributed by atoms with Gasteiger partial charge in [0, 0.05) is 0 Å². The van der Waals surface area contributed by atoms with Gasteiger partial charge in [0.15, 0.2) is 0 Å². The van der Waals surface area contributed by atoms with Gasteiger partial charge in [0.05, 0.1) is 0 Å². The van der Waals surface area contributed by atoms with Crippen molar-refractivity contribution in [1.29, 1.82) is 0 Å². The smallest absolute Gasteiger partial charge is 1.00 e. The molecule has 7 rings (SSSR count). The van der Waals surface area contributed by atoms with Crippen molar-refractivity contribution < 1.29 is 46.1 Å². The molecule has 5 aliphatic rings. The quantitative estimate of drug-likeness (QED) is 0.406. The first kappa shape index (κ1) is 29.2. The molecule has 0 radical (unpaired) electrons. The summed E-state index contributed by atoms with van der Waals surface area (Å²) >= 11 is -2.14. The van der Waals surface area contributed by atoms with Gasteiger partial charge in [0.25, 0.3) is 0 Å². The maximum absolute atomic E-state index is 2.70.